The van der Waals surface area contributed by atoms with Crippen LogP contribution in [0.15, 0.2) is 53.5 Å². The topological polar surface area (TPSA) is 40.1 Å². The minimum Gasteiger partial charge on any atom is -0.381 e. The third kappa shape index (κ3) is 5.70. The second-order valence-corrected chi connectivity index (χ2v) is 8.25. The van der Waals surface area contributed by atoms with Crippen molar-refractivity contribution in [3.8, 4) is 0 Å². The highest BCUT2D eigenvalue weighted by Crippen LogP contribution is 2.34. The molecule has 2 fully saturated rings. The van der Waals surface area contributed by atoms with Crippen LogP contribution >= 0.6 is 24.0 Å². The van der Waals surface area contributed by atoms with Crippen molar-refractivity contribution < 1.29 is 13.5 Å². The summed E-state index contributed by atoms with van der Waals surface area (Å²) in [6, 6.07) is 13.6. The Hall–Kier alpha value is -1.94. The smallest absolute Gasteiger partial charge is 0.193 e. The number of anilines is 1. The number of benzene rings is 2. The molecule has 2 aromatic carbocycles. The van der Waals surface area contributed by atoms with Gasteiger partial charge < -0.3 is 19.9 Å². The number of nitrogens with zero attached hydrogens (tertiary/aromatic N) is 3. The van der Waals surface area contributed by atoms with Crippen LogP contribution in [0, 0.1) is 11.6 Å². The Balaban J connectivity index is 0.00000289. The number of hydrogen-bond donors (Lipinski definition) is 1. The first-order chi connectivity index (χ1) is 15.1. The van der Waals surface area contributed by atoms with Crippen LogP contribution in [-0.4, -0.2) is 63.8 Å². The van der Waals surface area contributed by atoms with Crippen molar-refractivity contribution in [1.82, 2.24) is 10.2 Å². The molecule has 2 aliphatic rings. The van der Waals surface area contributed by atoms with E-state index in [1.807, 2.05) is 18.2 Å². The van der Waals surface area contributed by atoms with Crippen molar-refractivity contribution in [3.63, 3.8) is 0 Å². The highest BCUT2D eigenvalue weighted by atomic mass is 127. The summed E-state index contributed by atoms with van der Waals surface area (Å²) in [6.07, 6.45) is 1.69. The highest BCUT2D eigenvalue weighted by Gasteiger charge is 2.35. The first-order valence-corrected chi connectivity index (χ1v) is 10.9. The van der Waals surface area contributed by atoms with Crippen LogP contribution in [0.25, 0.3) is 0 Å². The van der Waals surface area contributed by atoms with Crippen molar-refractivity contribution in [2.75, 3.05) is 57.9 Å². The molecule has 0 aliphatic carbocycles. The third-order valence-electron chi connectivity index (χ3n) is 6.45. The quantitative estimate of drug-likeness (QED) is 0.351. The molecule has 0 aromatic heterocycles. The lowest BCUT2D eigenvalue weighted by atomic mass is 9.74. The van der Waals surface area contributed by atoms with Crippen molar-refractivity contribution in [1.29, 1.82) is 0 Å². The molecule has 0 amide bonds. The Labute approximate surface area is 205 Å². The zero-order valence-corrected chi connectivity index (χ0v) is 20.7. The lowest BCUT2D eigenvalue weighted by Gasteiger charge is -2.41. The van der Waals surface area contributed by atoms with Crippen molar-refractivity contribution in [3.05, 3.63) is 65.7 Å². The number of rotatable bonds is 4. The molecular weight excluding hydrogens is 525 g/mol. The Morgan fingerprint density at radius 3 is 2.31 bits per heavy atom. The summed E-state index contributed by atoms with van der Waals surface area (Å²) in [5.74, 6) is 0.443. The number of piperazine rings is 1. The summed E-state index contributed by atoms with van der Waals surface area (Å²) in [4.78, 5) is 9.01. The molecule has 0 bridgehead atoms. The Kier molecular flexibility index (Phi) is 8.70. The van der Waals surface area contributed by atoms with Gasteiger partial charge in [0.05, 0.1) is 0 Å². The molecule has 2 aliphatic heterocycles. The molecule has 0 atom stereocenters. The molecule has 0 saturated carbocycles. The molecule has 32 heavy (non-hydrogen) atoms. The second-order valence-electron chi connectivity index (χ2n) is 8.25. The fourth-order valence-electron chi connectivity index (χ4n) is 4.56. The number of halogens is 3. The molecule has 5 nitrogen and oxygen atoms in total. The molecular formula is C24H31F2IN4O. The van der Waals surface area contributed by atoms with E-state index in [2.05, 4.69) is 20.1 Å². The normalized spacial score (nSPS) is 18.8. The number of nitrogens with one attached hydrogen (secondary N) is 1. The maximum atomic E-state index is 13.9. The van der Waals surface area contributed by atoms with Gasteiger partial charge in [-0.1, -0.05) is 12.1 Å². The Morgan fingerprint density at radius 2 is 1.69 bits per heavy atom. The van der Waals surface area contributed by atoms with Crippen LogP contribution in [0.1, 0.15) is 18.4 Å². The maximum Gasteiger partial charge on any atom is 0.193 e. The van der Waals surface area contributed by atoms with Crippen LogP contribution in [0.2, 0.25) is 0 Å². The highest BCUT2D eigenvalue weighted by molar-refractivity contribution is 14.0. The minimum absolute atomic E-state index is 0. The van der Waals surface area contributed by atoms with Crippen LogP contribution < -0.4 is 10.2 Å². The van der Waals surface area contributed by atoms with E-state index in [1.165, 1.54) is 18.2 Å². The van der Waals surface area contributed by atoms with E-state index in [1.54, 1.807) is 19.2 Å². The minimum atomic E-state index is -0.215. The summed E-state index contributed by atoms with van der Waals surface area (Å²) < 4.78 is 32.7. The summed E-state index contributed by atoms with van der Waals surface area (Å²) in [5, 5.41) is 3.56. The standard InChI is InChI=1S/C24H30F2N4O.HI/c1-27-23(30-13-11-29(12-14-30)22-7-5-20(25)6-8-22)28-18-24(9-15-31-16-10-24)19-3-2-4-21(26)17-19;/h2-8,17H,9-16,18H2,1H3,(H,27,28);1H. The van der Waals surface area contributed by atoms with Gasteiger partial charge in [0.15, 0.2) is 5.96 Å². The summed E-state index contributed by atoms with van der Waals surface area (Å²) in [6.45, 7) is 5.37. The van der Waals surface area contributed by atoms with Gasteiger partial charge in [0.1, 0.15) is 11.6 Å². The fourth-order valence-corrected chi connectivity index (χ4v) is 4.56. The maximum absolute atomic E-state index is 13.9. The summed E-state index contributed by atoms with van der Waals surface area (Å²) in [7, 11) is 1.80. The van der Waals surface area contributed by atoms with Gasteiger partial charge in [0.2, 0.25) is 0 Å². The van der Waals surface area contributed by atoms with E-state index in [4.69, 9.17) is 4.74 Å². The van der Waals surface area contributed by atoms with E-state index in [9.17, 15) is 8.78 Å². The van der Waals surface area contributed by atoms with Crippen molar-refractivity contribution in [2.45, 2.75) is 18.3 Å². The first-order valence-electron chi connectivity index (χ1n) is 10.9. The zero-order chi connectivity index (χ0) is 21.7. The van der Waals surface area contributed by atoms with Gasteiger partial charge >= 0.3 is 0 Å². The van der Waals surface area contributed by atoms with Crippen LogP contribution in [0.5, 0.6) is 0 Å². The lowest BCUT2D eigenvalue weighted by Crippen LogP contribution is -2.55. The number of aliphatic imine (C=N–C) groups is 1. The average Bonchev–Trinajstić information content (AvgIpc) is 2.81. The van der Waals surface area contributed by atoms with Crippen molar-refractivity contribution >= 4 is 35.6 Å². The molecule has 2 aromatic rings. The van der Waals surface area contributed by atoms with E-state index >= 15 is 0 Å². The number of hydrogen-bond acceptors (Lipinski definition) is 3. The molecule has 0 unspecified atom stereocenters. The zero-order valence-electron chi connectivity index (χ0n) is 18.4. The van der Waals surface area contributed by atoms with Gasteiger partial charge in [-0.2, -0.15) is 0 Å². The molecule has 0 spiro atoms. The van der Waals surface area contributed by atoms with Crippen LogP contribution in [-0.2, 0) is 10.2 Å². The molecule has 4 rings (SSSR count). The fraction of sp³-hybridized carbons (Fsp3) is 0.458. The van der Waals surface area contributed by atoms with Crippen LogP contribution in [0.4, 0.5) is 14.5 Å². The molecule has 8 heteroatoms. The predicted molar refractivity (Wildman–Crippen MR) is 135 cm³/mol. The SMILES string of the molecule is CN=C(NCC1(c2cccc(F)c2)CCOCC1)N1CCN(c2ccc(F)cc2)CC1.I. The number of ether oxygens (including phenoxy) is 1. The van der Waals surface area contributed by atoms with Gasteiger partial charge in [-0.3, -0.25) is 4.99 Å². The van der Waals surface area contributed by atoms with Gasteiger partial charge in [-0.05, 0) is 54.8 Å². The van der Waals surface area contributed by atoms with E-state index in [0.717, 1.165) is 56.2 Å². The van der Waals surface area contributed by atoms with Gasteiger partial charge in [-0.15, -0.1) is 24.0 Å². The first kappa shape index (κ1) is 24.7. The Bertz CT molecular complexity index is 895. The van der Waals surface area contributed by atoms with Crippen molar-refractivity contribution in [2.24, 2.45) is 4.99 Å². The second kappa shape index (κ2) is 11.3. The summed E-state index contributed by atoms with van der Waals surface area (Å²) >= 11 is 0. The molecule has 1 N–H and O–H groups in total. The molecule has 0 radical (unpaired) electrons. The molecule has 174 valence electrons. The largest absolute Gasteiger partial charge is 0.381 e. The van der Waals surface area contributed by atoms with E-state index < -0.39 is 0 Å². The van der Waals surface area contributed by atoms with E-state index in [-0.39, 0.29) is 41.0 Å². The summed E-state index contributed by atoms with van der Waals surface area (Å²) in [5.41, 5.74) is 1.88. The average molecular weight is 556 g/mol. The van der Waals surface area contributed by atoms with Gasteiger partial charge in [-0.25, -0.2) is 8.78 Å². The Morgan fingerprint density at radius 1 is 1.00 bits per heavy atom. The molecule has 2 heterocycles. The lowest BCUT2D eigenvalue weighted by molar-refractivity contribution is 0.0510. The van der Waals surface area contributed by atoms with E-state index in [0.29, 0.717) is 19.8 Å². The van der Waals surface area contributed by atoms with Crippen LogP contribution in [0.3, 0.4) is 0 Å². The molecule has 2 saturated heterocycles. The monoisotopic (exact) mass is 556 g/mol. The van der Waals surface area contributed by atoms with Gasteiger partial charge in [0.25, 0.3) is 0 Å². The predicted octanol–water partition coefficient (Wildman–Crippen LogP) is 4.03. The third-order valence-corrected chi connectivity index (χ3v) is 6.45. The number of guanidine groups is 1. The van der Waals surface area contributed by atoms with Gasteiger partial charge in [0, 0.05) is 64.1 Å².